The Morgan fingerprint density at radius 1 is 1.54 bits per heavy atom. The zero-order chi connectivity index (χ0) is 9.42. The zero-order valence-corrected chi connectivity index (χ0v) is 9.50. The molecule has 1 fully saturated rings. The summed E-state index contributed by atoms with van der Waals surface area (Å²) >= 11 is 3.45. The van der Waals surface area contributed by atoms with E-state index >= 15 is 0 Å². The van der Waals surface area contributed by atoms with Gasteiger partial charge in [0.05, 0.1) is 0 Å². The summed E-state index contributed by atoms with van der Waals surface area (Å²) in [7, 11) is 2.12. The highest BCUT2D eigenvalue weighted by molar-refractivity contribution is 9.10. The molecule has 3 heteroatoms. The number of halogens is 1. The van der Waals surface area contributed by atoms with Gasteiger partial charge >= 0.3 is 0 Å². The van der Waals surface area contributed by atoms with Crippen molar-refractivity contribution < 1.29 is 0 Å². The summed E-state index contributed by atoms with van der Waals surface area (Å²) in [5.41, 5.74) is 1.25. The van der Waals surface area contributed by atoms with Crippen LogP contribution in [0.2, 0.25) is 0 Å². The van der Waals surface area contributed by atoms with Crippen LogP contribution in [0.1, 0.15) is 18.4 Å². The van der Waals surface area contributed by atoms with E-state index in [1.807, 2.05) is 6.20 Å². The molecule has 1 aromatic heterocycles. The van der Waals surface area contributed by atoms with Crippen molar-refractivity contribution in [2.24, 2.45) is 0 Å². The van der Waals surface area contributed by atoms with Gasteiger partial charge in [-0.2, -0.15) is 0 Å². The second-order valence-electron chi connectivity index (χ2n) is 3.63. The smallest absolute Gasteiger partial charge is 0.128 e. The third-order valence-electron chi connectivity index (χ3n) is 2.49. The van der Waals surface area contributed by atoms with Crippen LogP contribution < -0.4 is 4.90 Å². The summed E-state index contributed by atoms with van der Waals surface area (Å²) in [6, 6.07) is 2.86. The lowest BCUT2D eigenvalue weighted by Crippen LogP contribution is -2.20. The lowest BCUT2D eigenvalue weighted by Gasteiger charge is -2.17. The molecule has 1 saturated carbocycles. The summed E-state index contributed by atoms with van der Waals surface area (Å²) in [6.07, 6.45) is 4.50. The van der Waals surface area contributed by atoms with Gasteiger partial charge in [-0.15, -0.1) is 0 Å². The van der Waals surface area contributed by atoms with Crippen LogP contribution in [-0.4, -0.2) is 18.1 Å². The van der Waals surface area contributed by atoms with E-state index in [2.05, 4.69) is 45.9 Å². The maximum atomic E-state index is 4.38. The van der Waals surface area contributed by atoms with Crippen molar-refractivity contribution >= 4 is 21.7 Å². The molecule has 0 amide bonds. The first-order valence-electron chi connectivity index (χ1n) is 4.53. The minimum absolute atomic E-state index is 0.730. The van der Waals surface area contributed by atoms with Gasteiger partial charge in [-0.25, -0.2) is 4.98 Å². The molecule has 0 spiro atoms. The molecule has 70 valence electrons. The molecule has 13 heavy (non-hydrogen) atoms. The van der Waals surface area contributed by atoms with Crippen LogP contribution in [0.3, 0.4) is 0 Å². The van der Waals surface area contributed by atoms with Gasteiger partial charge in [0, 0.05) is 23.8 Å². The summed E-state index contributed by atoms with van der Waals surface area (Å²) in [6.45, 7) is 2.09. The predicted molar refractivity (Wildman–Crippen MR) is 58.1 cm³/mol. The lowest BCUT2D eigenvalue weighted by molar-refractivity contribution is 0.889. The average molecular weight is 241 g/mol. The topological polar surface area (TPSA) is 16.1 Å². The molecule has 2 nitrogen and oxygen atoms in total. The number of hydrogen-bond donors (Lipinski definition) is 0. The zero-order valence-electron chi connectivity index (χ0n) is 7.92. The van der Waals surface area contributed by atoms with Gasteiger partial charge in [0.2, 0.25) is 0 Å². The Morgan fingerprint density at radius 2 is 2.23 bits per heavy atom. The van der Waals surface area contributed by atoms with Crippen molar-refractivity contribution in [2.75, 3.05) is 11.9 Å². The van der Waals surface area contributed by atoms with Gasteiger partial charge in [0.15, 0.2) is 0 Å². The normalized spacial score (nSPS) is 15.9. The molecule has 1 aliphatic carbocycles. The molecular formula is C10H13BrN2. The maximum absolute atomic E-state index is 4.38. The molecule has 0 saturated heterocycles. The van der Waals surface area contributed by atoms with E-state index in [0.29, 0.717) is 0 Å². The third-order valence-corrected chi connectivity index (χ3v) is 3.32. The fourth-order valence-corrected chi connectivity index (χ4v) is 1.58. The molecule has 0 atom stereocenters. The number of rotatable bonds is 2. The molecule has 1 heterocycles. The minimum Gasteiger partial charge on any atom is -0.357 e. The van der Waals surface area contributed by atoms with Crippen molar-refractivity contribution in [3.05, 3.63) is 22.3 Å². The highest BCUT2D eigenvalue weighted by Crippen LogP contribution is 2.30. The van der Waals surface area contributed by atoms with E-state index < -0.39 is 0 Å². The summed E-state index contributed by atoms with van der Waals surface area (Å²) < 4.78 is 1.08. The van der Waals surface area contributed by atoms with Crippen LogP contribution in [-0.2, 0) is 0 Å². The van der Waals surface area contributed by atoms with E-state index in [0.717, 1.165) is 16.3 Å². The van der Waals surface area contributed by atoms with Gasteiger partial charge in [-0.1, -0.05) is 0 Å². The molecule has 0 unspecified atom stereocenters. The Balaban J connectivity index is 2.24. The van der Waals surface area contributed by atoms with Crippen molar-refractivity contribution in [3.8, 4) is 0 Å². The SMILES string of the molecule is Cc1cc(N(C)C2CC2)ncc1Br. The Morgan fingerprint density at radius 3 is 2.77 bits per heavy atom. The maximum Gasteiger partial charge on any atom is 0.128 e. The fourth-order valence-electron chi connectivity index (χ4n) is 1.37. The van der Waals surface area contributed by atoms with Crippen LogP contribution in [0.4, 0.5) is 5.82 Å². The first kappa shape index (κ1) is 9.00. The molecule has 0 aliphatic heterocycles. The Bertz CT molecular complexity index is 321. The molecule has 1 aromatic rings. The molecule has 0 N–H and O–H groups in total. The van der Waals surface area contributed by atoms with E-state index in [-0.39, 0.29) is 0 Å². The van der Waals surface area contributed by atoms with E-state index in [1.165, 1.54) is 18.4 Å². The number of hydrogen-bond acceptors (Lipinski definition) is 2. The van der Waals surface area contributed by atoms with Crippen LogP contribution in [0.5, 0.6) is 0 Å². The quantitative estimate of drug-likeness (QED) is 0.791. The fraction of sp³-hybridized carbons (Fsp3) is 0.500. The minimum atomic E-state index is 0.730. The first-order chi connectivity index (χ1) is 6.18. The summed E-state index contributed by atoms with van der Waals surface area (Å²) in [5.74, 6) is 1.09. The molecule has 1 aliphatic rings. The molecule has 0 aromatic carbocycles. The van der Waals surface area contributed by atoms with Gasteiger partial charge in [-0.05, 0) is 47.3 Å². The third kappa shape index (κ3) is 1.85. The molecule has 2 rings (SSSR count). The summed E-state index contributed by atoms with van der Waals surface area (Å²) in [4.78, 5) is 6.64. The first-order valence-corrected chi connectivity index (χ1v) is 5.33. The van der Waals surface area contributed by atoms with Crippen LogP contribution >= 0.6 is 15.9 Å². The Labute approximate surface area is 87.1 Å². The van der Waals surface area contributed by atoms with E-state index in [9.17, 15) is 0 Å². The lowest BCUT2D eigenvalue weighted by atomic mass is 10.3. The molecule has 0 bridgehead atoms. The standard InChI is InChI=1S/C10H13BrN2/c1-7-5-10(12-6-9(7)11)13(2)8-3-4-8/h5-6,8H,3-4H2,1-2H3. The predicted octanol–water partition coefficient (Wildman–Crippen LogP) is 2.75. The Hall–Kier alpha value is -0.570. The van der Waals surface area contributed by atoms with Crippen molar-refractivity contribution in [1.82, 2.24) is 4.98 Å². The van der Waals surface area contributed by atoms with Crippen molar-refractivity contribution in [1.29, 1.82) is 0 Å². The van der Waals surface area contributed by atoms with E-state index in [4.69, 9.17) is 0 Å². The number of aryl methyl sites for hydroxylation is 1. The van der Waals surface area contributed by atoms with E-state index in [1.54, 1.807) is 0 Å². The Kier molecular flexibility index (Phi) is 2.28. The van der Waals surface area contributed by atoms with Crippen molar-refractivity contribution in [2.45, 2.75) is 25.8 Å². The van der Waals surface area contributed by atoms with Crippen LogP contribution in [0, 0.1) is 6.92 Å². The van der Waals surface area contributed by atoms with Gasteiger partial charge in [0.25, 0.3) is 0 Å². The monoisotopic (exact) mass is 240 g/mol. The highest BCUT2D eigenvalue weighted by Gasteiger charge is 2.27. The molecular weight excluding hydrogens is 228 g/mol. The second kappa shape index (κ2) is 3.29. The average Bonchev–Trinajstić information content (AvgIpc) is 2.91. The molecule has 0 radical (unpaired) electrons. The summed E-state index contributed by atoms with van der Waals surface area (Å²) in [5, 5.41) is 0. The van der Waals surface area contributed by atoms with Crippen LogP contribution in [0.25, 0.3) is 0 Å². The largest absolute Gasteiger partial charge is 0.357 e. The second-order valence-corrected chi connectivity index (χ2v) is 4.49. The van der Waals surface area contributed by atoms with Gasteiger partial charge in [-0.3, -0.25) is 0 Å². The number of aromatic nitrogens is 1. The van der Waals surface area contributed by atoms with Crippen molar-refractivity contribution in [3.63, 3.8) is 0 Å². The van der Waals surface area contributed by atoms with Gasteiger partial charge < -0.3 is 4.90 Å². The van der Waals surface area contributed by atoms with Crippen LogP contribution in [0.15, 0.2) is 16.7 Å². The number of anilines is 1. The number of nitrogens with zero attached hydrogens (tertiary/aromatic N) is 2. The number of pyridine rings is 1. The van der Waals surface area contributed by atoms with Gasteiger partial charge in [0.1, 0.15) is 5.82 Å². The highest BCUT2D eigenvalue weighted by atomic mass is 79.9.